The zero-order valence-electron chi connectivity index (χ0n) is 7.56. The molecule has 0 aromatic rings. The highest BCUT2D eigenvalue weighted by Gasteiger charge is 2.36. The molecule has 0 aromatic heterocycles. The molecule has 0 fully saturated rings. The van der Waals surface area contributed by atoms with Crippen molar-refractivity contribution in [1.29, 1.82) is 0 Å². The van der Waals surface area contributed by atoms with Gasteiger partial charge >= 0.3 is 11.4 Å². The van der Waals surface area contributed by atoms with Gasteiger partial charge in [-0.2, -0.15) is 13.2 Å². The first-order valence-electron chi connectivity index (χ1n) is 3.74. The van der Waals surface area contributed by atoms with Crippen LogP contribution in [0.1, 0.15) is 6.42 Å². The number of allylic oxidation sites excluding steroid dienone is 3. The summed E-state index contributed by atoms with van der Waals surface area (Å²) in [6.07, 6.45) is -0.127. The van der Waals surface area contributed by atoms with E-state index < -0.39 is 43.5 Å². The molecule has 0 aromatic carbocycles. The average molecular weight is 247 g/mol. The molecule has 0 spiro atoms. The fourth-order valence-corrected chi connectivity index (χ4v) is 1.64. The highest BCUT2D eigenvalue weighted by atomic mass is 32.2. The van der Waals surface area contributed by atoms with Crippen molar-refractivity contribution in [1.82, 2.24) is 0 Å². The minimum absolute atomic E-state index is 0.499. The monoisotopic (exact) mass is 247 g/mol. The largest absolute Gasteiger partial charge is 0.497 e. The van der Waals surface area contributed by atoms with Crippen LogP contribution in [0.4, 0.5) is 0 Å². The molecule has 1 aliphatic rings. The van der Waals surface area contributed by atoms with Gasteiger partial charge in [0.15, 0.2) is 0 Å². The maximum absolute atomic E-state index is 10.7. The van der Waals surface area contributed by atoms with Gasteiger partial charge in [-0.3, -0.25) is 14.7 Å². The molecule has 0 radical (unpaired) electrons. The Morgan fingerprint density at radius 2 is 2.12 bits per heavy atom. The van der Waals surface area contributed by atoms with Crippen LogP contribution in [-0.2, 0) is 10.1 Å². The van der Waals surface area contributed by atoms with Crippen LogP contribution in [0.3, 0.4) is 0 Å². The summed E-state index contributed by atoms with van der Waals surface area (Å²) in [5, 5.41) is 19.6. The summed E-state index contributed by atoms with van der Waals surface area (Å²) in [6.45, 7) is 0. The standard InChI is InChI=1S/C6H5N3O6S/c7-8-4-1-3(16(13,14)15)2-5(6(4)10)9(11)12/h2,10H,1H2,(H,13,14,15). The molecule has 9 nitrogen and oxygen atoms in total. The van der Waals surface area contributed by atoms with Crippen molar-refractivity contribution in [2.24, 2.45) is 0 Å². The van der Waals surface area contributed by atoms with Crippen LogP contribution < -0.4 is 0 Å². The van der Waals surface area contributed by atoms with E-state index in [-0.39, 0.29) is 0 Å². The molecule has 16 heavy (non-hydrogen) atoms. The number of rotatable bonds is 2. The molecule has 0 aliphatic heterocycles. The molecule has 0 saturated heterocycles. The molecule has 10 heteroatoms. The first kappa shape index (κ1) is 12.0. The minimum atomic E-state index is -4.64. The van der Waals surface area contributed by atoms with Crippen LogP contribution in [-0.4, -0.2) is 33.5 Å². The summed E-state index contributed by atoms with van der Waals surface area (Å²) >= 11 is 0. The van der Waals surface area contributed by atoms with Crippen LogP contribution >= 0.6 is 0 Å². The van der Waals surface area contributed by atoms with Gasteiger partial charge in [-0.15, -0.1) is 0 Å². The number of hydrogen-bond acceptors (Lipinski definition) is 5. The first-order valence-corrected chi connectivity index (χ1v) is 5.18. The maximum Gasteiger partial charge on any atom is 0.345 e. The van der Waals surface area contributed by atoms with E-state index in [0.29, 0.717) is 6.08 Å². The number of hydrogen-bond donors (Lipinski definition) is 2. The van der Waals surface area contributed by atoms with Gasteiger partial charge in [-0.05, 0) is 0 Å². The van der Waals surface area contributed by atoms with Gasteiger partial charge in [0.05, 0.1) is 16.2 Å². The molecular weight excluding hydrogens is 242 g/mol. The Hall–Kier alpha value is -2.03. The zero-order chi connectivity index (χ0) is 12.5. The summed E-state index contributed by atoms with van der Waals surface area (Å²) < 4.78 is 30.2. The van der Waals surface area contributed by atoms with Crippen LogP contribution in [0.2, 0.25) is 0 Å². The highest BCUT2D eigenvalue weighted by Crippen LogP contribution is 2.23. The molecule has 1 aliphatic carbocycles. The minimum Gasteiger partial charge on any atom is -0.497 e. The highest BCUT2D eigenvalue weighted by molar-refractivity contribution is 7.89. The van der Waals surface area contributed by atoms with Crippen molar-refractivity contribution in [2.75, 3.05) is 0 Å². The van der Waals surface area contributed by atoms with E-state index in [1.54, 1.807) is 0 Å². The zero-order valence-corrected chi connectivity index (χ0v) is 8.38. The van der Waals surface area contributed by atoms with E-state index in [4.69, 9.17) is 10.1 Å². The molecule has 0 heterocycles. The average Bonchev–Trinajstić information content (AvgIpc) is 2.15. The third-order valence-electron chi connectivity index (χ3n) is 1.80. The number of nitro groups is 1. The lowest BCUT2D eigenvalue weighted by Crippen LogP contribution is -2.19. The van der Waals surface area contributed by atoms with Crippen molar-refractivity contribution in [2.45, 2.75) is 6.42 Å². The van der Waals surface area contributed by atoms with E-state index in [1.807, 2.05) is 0 Å². The normalized spacial score (nSPS) is 16.8. The van der Waals surface area contributed by atoms with Gasteiger partial charge in [0.25, 0.3) is 15.9 Å². The van der Waals surface area contributed by atoms with Gasteiger partial charge in [0.1, 0.15) is 0 Å². The second kappa shape index (κ2) is 3.85. The fraction of sp³-hybridized carbons (Fsp3) is 0.167. The first-order chi connectivity index (χ1) is 7.27. The molecule has 0 saturated carbocycles. The number of aliphatic hydroxyl groups is 1. The fourth-order valence-electron chi connectivity index (χ4n) is 1.06. The smallest absolute Gasteiger partial charge is 0.345 e. The number of aliphatic hydroxyl groups excluding tert-OH is 1. The van der Waals surface area contributed by atoms with Crippen molar-refractivity contribution >= 4 is 15.8 Å². The Morgan fingerprint density at radius 3 is 2.50 bits per heavy atom. The van der Waals surface area contributed by atoms with Crippen LogP contribution in [0.5, 0.6) is 0 Å². The van der Waals surface area contributed by atoms with E-state index in [1.165, 1.54) is 0 Å². The van der Waals surface area contributed by atoms with E-state index >= 15 is 0 Å². The summed E-state index contributed by atoms with van der Waals surface area (Å²) in [4.78, 5) is 11.1. The maximum atomic E-state index is 10.7. The third-order valence-corrected chi connectivity index (χ3v) is 2.73. The quantitative estimate of drug-likeness (QED) is 0.228. The van der Waals surface area contributed by atoms with Crippen LogP contribution in [0.15, 0.2) is 22.4 Å². The molecule has 0 unspecified atom stereocenters. The summed E-state index contributed by atoms with van der Waals surface area (Å²) in [5.41, 5.74) is 6.84. The molecule has 2 N–H and O–H groups in total. The van der Waals surface area contributed by atoms with E-state index in [9.17, 15) is 23.6 Å². The molecule has 0 bridgehead atoms. The van der Waals surface area contributed by atoms with Gasteiger partial charge < -0.3 is 10.6 Å². The van der Waals surface area contributed by atoms with Crippen molar-refractivity contribution in [3.8, 4) is 0 Å². The SMILES string of the molecule is [N-]=[N+]=C1CC(S(=O)(=O)O)=CC([N+](=O)[O-])=C1O. The molecule has 1 rings (SSSR count). The Balaban J connectivity index is 3.49. The third kappa shape index (κ3) is 2.14. The van der Waals surface area contributed by atoms with Crippen LogP contribution in [0.25, 0.3) is 5.53 Å². The predicted molar refractivity (Wildman–Crippen MR) is 49.5 cm³/mol. The van der Waals surface area contributed by atoms with Gasteiger partial charge in [-0.25, -0.2) is 0 Å². The van der Waals surface area contributed by atoms with Gasteiger partial charge in [0, 0.05) is 6.08 Å². The van der Waals surface area contributed by atoms with Crippen molar-refractivity contribution in [3.05, 3.63) is 38.1 Å². The summed E-state index contributed by atoms with van der Waals surface area (Å²) in [7, 11) is -4.64. The van der Waals surface area contributed by atoms with E-state index in [0.717, 1.165) is 0 Å². The Kier molecular flexibility index (Phi) is 2.90. The van der Waals surface area contributed by atoms with E-state index in [2.05, 4.69) is 4.79 Å². The Morgan fingerprint density at radius 1 is 1.56 bits per heavy atom. The molecule has 86 valence electrons. The van der Waals surface area contributed by atoms with Crippen LogP contribution in [0, 0.1) is 10.1 Å². The Bertz CT molecular complexity index is 565. The van der Waals surface area contributed by atoms with Gasteiger partial charge in [-0.1, -0.05) is 0 Å². The second-order valence-electron chi connectivity index (χ2n) is 2.80. The molecule has 0 atom stereocenters. The topological polar surface area (TPSA) is 154 Å². The molecular formula is C6H5N3O6S. The van der Waals surface area contributed by atoms with Crippen molar-refractivity contribution in [3.63, 3.8) is 0 Å². The molecule has 0 amide bonds. The summed E-state index contributed by atoms with van der Waals surface area (Å²) in [6, 6.07) is 0. The van der Waals surface area contributed by atoms with Gasteiger partial charge in [0.2, 0.25) is 0 Å². The summed E-state index contributed by atoms with van der Waals surface area (Å²) in [5.74, 6) is -0.945. The lowest BCUT2D eigenvalue weighted by molar-refractivity contribution is -0.421. The Labute approximate surface area is 88.8 Å². The lowest BCUT2D eigenvalue weighted by atomic mass is 10.1. The predicted octanol–water partition coefficient (Wildman–Crippen LogP) is -0.121. The lowest BCUT2D eigenvalue weighted by Gasteiger charge is -2.05. The number of nitrogens with zero attached hydrogens (tertiary/aromatic N) is 3. The second-order valence-corrected chi connectivity index (χ2v) is 4.27. The van der Waals surface area contributed by atoms with Crippen molar-refractivity contribution < 1.29 is 27.8 Å².